The average molecular weight is 153 g/mol. The highest BCUT2D eigenvalue weighted by Crippen LogP contribution is 2.14. The summed E-state index contributed by atoms with van der Waals surface area (Å²) < 4.78 is 1.63. The second kappa shape index (κ2) is 2.82. The second-order valence-corrected chi connectivity index (χ2v) is 2.76. The van der Waals surface area contributed by atoms with Gasteiger partial charge in [0.1, 0.15) is 5.69 Å². The molecule has 0 fully saturated rings. The van der Waals surface area contributed by atoms with Crippen molar-refractivity contribution in [1.29, 1.82) is 0 Å². The van der Waals surface area contributed by atoms with Crippen LogP contribution in [0, 0.1) is 0 Å². The molecule has 0 bridgehead atoms. The van der Waals surface area contributed by atoms with Crippen molar-refractivity contribution in [2.75, 3.05) is 0 Å². The largest absolute Gasteiger partial charge is 0.296 e. The lowest BCUT2D eigenvalue weighted by Gasteiger charge is -2.03. The number of aldehydes is 1. The number of aromatic nitrogens is 3. The van der Waals surface area contributed by atoms with Crippen LogP contribution in [0.2, 0.25) is 0 Å². The lowest BCUT2D eigenvalue weighted by atomic mass is 10.1. The Labute approximate surface area is 65.2 Å². The lowest BCUT2D eigenvalue weighted by molar-refractivity contribution is 0.111. The predicted molar refractivity (Wildman–Crippen MR) is 40.5 cm³/mol. The number of carbonyl (C=O) groups excluding carboxylic acids is 1. The van der Waals surface area contributed by atoms with Crippen molar-refractivity contribution in [2.45, 2.75) is 19.8 Å². The molecule has 11 heavy (non-hydrogen) atoms. The summed E-state index contributed by atoms with van der Waals surface area (Å²) in [5, 5.41) is 7.44. The Balaban J connectivity index is 3.17. The maximum absolute atomic E-state index is 10.4. The van der Waals surface area contributed by atoms with Crippen LogP contribution in [-0.2, 0) is 7.05 Å². The molecular weight excluding hydrogens is 142 g/mol. The summed E-state index contributed by atoms with van der Waals surface area (Å²) in [4.78, 5) is 10.4. The van der Waals surface area contributed by atoms with Crippen molar-refractivity contribution >= 4 is 6.29 Å². The lowest BCUT2D eigenvalue weighted by Crippen LogP contribution is -2.01. The first-order valence-electron chi connectivity index (χ1n) is 3.51. The third-order valence-electron chi connectivity index (χ3n) is 1.56. The van der Waals surface area contributed by atoms with E-state index in [9.17, 15) is 4.79 Å². The highest BCUT2D eigenvalue weighted by molar-refractivity contribution is 5.73. The van der Waals surface area contributed by atoms with Gasteiger partial charge in [-0.1, -0.05) is 19.1 Å². The SMILES string of the molecule is CC(C)c1c(C=O)nnn1C. The fourth-order valence-corrected chi connectivity index (χ4v) is 1.13. The predicted octanol–water partition coefficient (Wildman–Crippen LogP) is 0.751. The topological polar surface area (TPSA) is 47.8 Å². The van der Waals surface area contributed by atoms with Gasteiger partial charge in [-0.25, -0.2) is 0 Å². The van der Waals surface area contributed by atoms with E-state index in [2.05, 4.69) is 10.3 Å². The van der Waals surface area contributed by atoms with Gasteiger partial charge in [-0.3, -0.25) is 9.48 Å². The molecule has 0 saturated heterocycles. The Morgan fingerprint density at radius 1 is 1.55 bits per heavy atom. The molecule has 1 heterocycles. The summed E-state index contributed by atoms with van der Waals surface area (Å²) in [6.45, 7) is 4.01. The van der Waals surface area contributed by atoms with Crippen LogP contribution < -0.4 is 0 Å². The molecule has 0 saturated carbocycles. The van der Waals surface area contributed by atoms with Crippen LogP contribution in [-0.4, -0.2) is 21.3 Å². The molecule has 0 N–H and O–H groups in total. The van der Waals surface area contributed by atoms with E-state index in [4.69, 9.17) is 0 Å². The summed E-state index contributed by atoms with van der Waals surface area (Å²) in [7, 11) is 1.79. The van der Waals surface area contributed by atoms with Crippen molar-refractivity contribution in [1.82, 2.24) is 15.0 Å². The normalized spacial score (nSPS) is 10.5. The zero-order valence-electron chi connectivity index (χ0n) is 6.90. The minimum absolute atomic E-state index is 0.287. The van der Waals surface area contributed by atoms with Crippen LogP contribution in [0.3, 0.4) is 0 Å². The Bertz CT molecular complexity index is 265. The van der Waals surface area contributed by atoms with E-state index in [1.807, 2.05) is 13.8 Å². The zero-order chi connectivity index (χ0) is 8.43. The van der Waals surface area contributed by atoms with E-state index < -0.39 is 0 Å². The molecular formula is C7H11N3O. The van der Waals surface area contributed by atoms with Gasteiger partial charge in [-0.05, 0) is 5.92 Å². The van der Waals surface area contributed by atoms with Crippen molar-refractivity contribution in [3.63, 3.8) is 0 Å². The molecule has 0 aliphatic heterocycles. The van der Waals surface area contributed by atoms with Gasteiger partial charge >= 0.3 is 0 Å². The molecule has 0 unspecified atom stereocenters. The van der Waals surface area contributed by atoms with E-state index in [0.29, 0.717) is 5.69 Å². The summed E-state index contributed by atoms with van der Waals surface area (Å²) in [6, 6.07) is 0. The number of rotatable bonds is 2. The van der Waals surface area contributed by atoms with Gasteiger partial charge in [0.05, 0.1) is 5.69 Å². The van der Waals surface area contributed by atoms with Crippen molar-refractivity contribution in [2.24, 2.45) is 7.05 Å². The highest BCUT2D eigenvalue weighted by atomic mass is 16.1. The third-order valence-corrected chi connectivity index (χ3v) is 1.56. The molecule has 0 aliphatic rings. The Morgan fingerprint density at radius 2 is 2.18 bits per heavy atom. The van der Waals surface area contributed by atoms with Crippen LogP contribution in [0.15, 0.2) is 0 Å². The Hall–Kier alpha value is -1.19. The monoisotopic (exact) mass is 153 g/mol. The van der Waals surface area contributed by atoms with Gasteiger partial charge in [0.2, 0.25) is 0 Å². The number of hydrogen-bond acceptors (Lipinski definition) is 3. The fraction of sp³-hybridized carbons (Fsp3) is 0.571. The van der Waals surface area contributed by atoms with E-state index in [-0.39, 0.29) is 5.92 Å². The van der Waals surface area contributed by atoms with E-state index in [1.54, 1.807) is 11.7 Å². The molecule has 4 heteroatoms. The Kier molecular flexibility index (Phi) is 2.03. The summed E-state index contributed by atoms with van der Waals surface area (Å²) in [5.41, 5.74) is 1.34. The van der Waals surface area contributed by atoms with Gasteiger partial charge in [-0.2, -0.15) is 0 Å². The van der Waals surface area contributed by atoms with Crippen LogP contribution in [0.1, 0.15) is 35.9 Å². The first-order valence-corrected chi connectivity index (χ1v) is 3.51. The first kappa shape index (κ1) is 7.91. The number of hydrogen-bond donors (Lipinski definition) is 0. The maximum atomic E-state index is 10.4. The summed E-state index contributed by atoms with van der Waals surface area (Å²) >= 11 is 0. The van der Waals surface area contributed by atoms with Crippen LogP contribution >= 0.6 is 0 Å². The molecule has 1 aromatic heterocycles. The van der Waals surface area contributed by atoms with Crippen molar-refractivity contribution in [3.05, 3.63) is 11.4 Å². The van der Waals surface area contributed by atoms with Crippen molar-refractivity contribution < 1.29 is 4.79 Å². The van der Waals surface area contributed by atoms with Crippen LogP contribution in [0.5, 0.6) is 0 Å². The minimum atomic E-state index is 0.287. The molecule has 0 atom stereocenters. The molecule has 0 amide bonds. The molecule has 1 aromatic rings. The van der Waals surface area contributed by atoms with Crippen molar-refractivity contribution in [3.8, 4) is 0 Å². The molecule has 1 rings (SSSR count). The summed E-state index contributed by atoms with van der Waals surface area (Å²) in [5.74, 6) is 0.287. The molecule has 4 nitrogen and oxygen atoms in total. The van der Waals surface area contributed by atoms with Crippen LogP contribution in [0.4, 0.5) is 0 Å². The molecule has 0 radical (unpaired) electrons. The molecule has 0 aliphatic carbocycles. The van der Waals surface area contributed by atoms with Gasteiger partial charge in [0.15, 0.2) is 6.29 Å². The second-order valence-electron chi connectivity index (χ2n) is 2.76. The van der Waals surface area contributed by atoms with E-state index in [1.165, 1.54) is 0 Å². The number of carbonyl (C=O) groups is 1. The number of aryl methyl sites for hydroxylation is 1. The Morgan fingerprint density at radius 3 is 2.55 bits per heavy atom. The summed E-state index contributed by atoms with van der Waals surface area (Å²) in [6.07, 6.45) is 0.738. The van der Waals surface area contributed by atoms with Gasteiger partial charge in [0, 0.05) is 7.05 Å². The first-order chi connectivity index (χ1) is 5.16. The maximum Gasteiger partial charge on any atom is 0.172 e. The highest BCUT2D eigenvalue weighted by Gasteiger charge is 2.12. The quantitative estimate of drug-likeness (QED) is 0.589. The van der Waals surface area contributed by atoms with E-state index >= 15 is 0 Å². The third kappa shape index (κ3) is 1.29. The molecule has 0 spiro atoms. The van der Waals surface area contributed by atoms with Crippen LogP contribution in [0.25, 0.3) is 0 Å². The van der Waals surface area contributed by atoms with E-state index in [0.717, 1.165) is 12.0 Å². The zero-order valence-corrected chi connectivity index (χ0v) is 6.90. The average Bonchev–Trinajstić information content (AvgIpc) is 2.30. The van der Waals surface area contributed by atoms with Gasteiger partial charge in [-0.15, -0.1) is 5.10 Å². The van der Waals surface area contributed by atoms with Gasteiger partial charge < -0.3 is 0 Å². The molecule has 0 aromatic carbocycles. The molecule has 60 valence electrons. The van der Waals surface area contributed by atoms with Gasteiger partial charge in [0.25, 0.3) is 0 Å². The number of nitrogens with zero attached hydrogens (tertiary/aromatic N) is 3. The fourth-order valence-electron chi connectivity index (χ4n) is 1.13. The smallest absolute Gasteiger partial charge is 0.172 e. The standard InChI is InChI=1S/C7H11N3O/c1-5(2)7-6(4-11)8-9-10(7)3/h4-5H,1-3H3. The minimum Gasteiger partial charge on any atom is -0.296 e.